The highest BCUT2D eigenvalue weighted by Crippen LogP contribution is 2.41. The molecule has 0 radical (unpaired) electrons. The summed E-state index contributed by atoms with van der Waals surface area (Å²) in [5.41, 5.74) is -2.71. The van der Waals surface area contributed by atoms with Gasteiger partial charge in [0.05, 0.1) is 28.1 Å². The molecule has 0 heterocycles. The van der Waals surface area contributed by atoms with Crippen molar-refractivity contribution in [1.29, 1.82) is 0 Å². The summed E-state index contributed by atoms with van der Waals surface area (Å²) in [6.07, 6.45) is 1.93. The SMILES string of the molecule is COC(=O)c1cc([N+](=O)[O-])c(SC2C=CC=C2)cc1C(F)(F)F. The summed E-state index contributed by atoms with van der Waals surface area (Å²) in [5, 5.41) is 10.8. The van der Waals surface area contributed by atoms with Crippen LogP contribution >= 0.6 is 11.8 Å². The molecule has 0 amide bonds. The number of hydrogen-bond acceptors (Lipinski definition) is 5. The first kappa shape index (κ1) is 17.1. The summed E-state index contributed by atoms with van der Waals surface area (Å²) in [6.45, 7) is 0. The Morgan fingerprint density at radius 2 is 1.91 bits per heavy atom. The van der Waals surface area contributed by atoms with Crippen LogP contribution in [-0.4, -0.2) is 23.3 Å². The molecule has 0 unspecified atom stereocenters. The number of benzene rings is 1. The van der Waals surface area contributed by atoms with E-state index >= 15 is 0 Å². The van der Waals surface area contributed by atoms with E-state index < -0.39 is 33.9 Å². The minimum Gasteiger partial charge on any atom is -0.465 e. The van der Waals surface area contributed by atoms with Gasteiger partial charge in [0.1, 0.15) is 0 Å². The molecule has 0 aliphatic heterocycles. The number of carbonyl (C=O) groups is 1. The van der Waals surface area contributed by atoms with Gasteiger partial charge in [-0.05, 0) is 6.07 Å². The van der Waals surface area contributed by atoms with E-state index in [0.29, 0.717) is 12.1 Å². The van der Waals surface area contributed by atoms with Crippen LogP contribution in [0.2, 0.25) is 0 Å². The summed E-state index contributed by atoms with van der Waals surface area (Å²) >= 11 is 0.897. The molecule has 1 aromatic rings. The fourth-order valence-electron chi connectivity index (χ4n) is 1.96. The van der Waals surface area contributed by atoms with E-state index in [1.165, 1.54) is 0 Å². The molecular formula is C14H10F3NO4S. The van der Waals surface area contributed by atoms with E-state index in [4.69, 9.17) is 0 Å². The van der Waals surface area contributed by atoms with Crippen LogP contribution in [0.1, 0.15) is 15.9 Å². The molecule has 0 fully saturated rings. The third-order valence-electron chi connectivity index (χ3n) is 2.98. The first-order chi connectivity index (χ1) is 10.7. The number of halogens is 3. The lowest BCUT2D eigenvalue weighted by Gasteiger charge is -2.14. The van der Waals surface area contributed by atoms with Crippen LogP contribution in [-0.2, 0) is 10.9 Å². The fraction of sp³-hybridized carbons (Fsp3) is 0.214. The molecule has 122 valence electrons. The zero-order chi connectivity index (χ0) is 17.2. The van der Waals surface area contributed by atoms with Gasteiger partial charge in [-0.2, -0.15) is 13.2 Å². The lowest BCUT2D eigenvalue weighted by molar-refractivity contribution is -0.387. The van der Waals surface area contributed by atoms with Gasteiger partial charge in [-0.3, -0.25) is 10.1 Å². The number of allylic oxidation sites excluding steroid dienone is 2. The average molecular weight is 345 g/mol. The lowest BCUT2D eigenvalue weighted by Crippen LogP contribution is -2.15. The highest BCUT2D eigenvalue weighted by molar-refractivity contribution is 8.00. The molecule has 0 N–H and O–H groups in total. The molecule has 2 rings (SSSR count). The van der Waals surface area contributed by atoms with Gasteiger partial charge in [0, 0.05) is 11.3 Å². The second-order valence-corrected chi connectivity index (χ2v) is 5.68. The van der Waals surface area contributed by atoms with Crippen molar-refractivity contribution in [3.8, 4) is 0 Å². The molecule has 0 saturated carbocycles. The molecule has 1 aliphatic rings. The number of alkyl halides is 3. The maximum atomic E-state index is 13.2. The zero-order valence-corrected chi connectivity index (χ0v) is 12.5. The molecule has 0 atom stereocenters. The molecule has 0 bridgehead atoms. The van der Waals surface area contributed by atoms with E-state index in [1.807, 2.05) is 0 Å². The van der Waals surface area contributed by atoms with E-state index in [2.05, 4.69) is 4.74 Å². The van der Waals surface area contributed by atoms with Crippen molar-refractivity contribution >= 4 is 23.4 Å². The van der Waals surface area contributed by atoms with Crippen molar-refractivity contribution in [1.82, 2.24) is 0 Å². The van der Waals surface area contributed by atoms with Gasteiger partial charge in [-0.1, -0.05) is 24.3 Å². The molecule has 0 aromatic heterocycles. The summed E-state index contributed by atoms with van der Waals surface area (Å²) in [4.78, 5) is 21.7. The Kier molecular flexibility index (Phi) is 4.79. The van der Waals surface area contributed by atoms with Gasteiger partial charge in [-0.25, -0.2) is 4.79 Å². The van der Waals surface area contributed by atoms with E-state index in [1.54, 1.807) is 24.3 Å². The quantitative estimate of drug-likeness (QED) is 0.469. The minimum atomic E-state index is -4.84. The van der Waals surface area contributed by atoms with Gasteiger partial charge in [-0.15, -0.1) is 11.8 Å². The summed E-state index contributed by atoms with van der Waals surface area (Å²) in [5.74, 6) is -1.28. The maximum absolute atomic E-state index is 13.2. The summed E-state index contributed by atoms with van der Waals surface area (Å²) < 4.78 is 43.8. The maximum Gasteiger partial charge on any atom is 0.417 e. The predicted molar refractivity (Wildman–Crippen MR) is 77.4 cm³/mol. The van der Waals surface area contributed by atoms with Crippen LogP contribution in [0.25, 0.3) is 0 Å². The van der Waals surface area contributed by atoms with Gasteiger partial charge < -0.3 is 4.74 Å². The normalized spacial score (nSPS) is 14.3. The molecule has 9 heteroatoms. The van der Waals surface area contributed by atoms with Crippen LogP contribution in [0.3, 0.4) is 0 Å². The number of carbonyl (C=O) groups excluding carboxylic acids is 1. The number of esters is 1. The molecule has 5 nitrogen and oxygen atoms in total. The molecule has 0 spiro atoms. The summed E-state index contributed by atoms with van der Waals surface area (Å²) in [7, 11) is 0.908. The van der Waals surface area contributed by atoms with Gasteiger partial charge in [0.15, 0.2) is 0 Å². The monoisotopic (exact) mass is 345 g/mol. The number of rotatable bonds is 4. The Bertz CT molecular complexity index is 701. The number of hydrogen-bond donors (Lipinski definition) is 0. The third-order valence-corrected chi connectivity index (χ3v) is 4.15. The highest BCUT2D eigenvalue weighted by atomic mass is 32.2. The first-order valence-electron chi connectivity index (χ1n) is 6.23. The molecule has 1 aromatic carbocycles. The van der Waals surface area contributed by atoms with Crippen molar-refractivity contribution in [2.75, 3.05) is 7.11 Å². The standard InChI is InChI=1S/C14H10F3NO4S/c1-22-13(19)9-6-11(18(20)21)12(7-10(9)14(15,16)17)23-8-4-2-3-5-8/h2-8H,1H3. The average Bonchev–Trinajstić information content (AvgIpc) is 2.97. The Morgan fingerprint density at radius 1 is 1.30 bits per heavy atom. The van der Waals surface area contributed by atoms with Gasteiger partial charge >= 0.3 is 12.1 Å². The lowest BCUT2D eigenvalue weighted by atomic mass is 10.1. The fourth-order valence-corrected chi connectivity index (χ4v) is 3.03. The number of methoxy groups -OCH3 is 1. The van der Waals surface area contributed by atoms with Crippen molar-refractivity contribution in [2.45, 2.75) is 16.3 Å². The van der Waals surface area contributed by atoms with E-state index in [0.717, 1.165) is 18.9 Å². The second-order valence-electron chi connectivity index (χ2n) is 4.46. The van der Waals surface area contributed by atoms with Crippen molar-refractivity contribution < 1.29 is 27.6 Å². The predicted octanol–water partition coefficient (Wildman–Crippen LogP) is 3.99. The number of nitro groups is 1. The van der Waals surface area contributed by atoms with Crippen molar-refractivity contribution in [3.63, 3.8) is 0 Å². The number of ether oxygens (including phenoxy) is 1. The Morgan fingerprint density at radius 3 is 2.39 bits per heavy atom. The van der Waals surface area contributed by atoms with Crippen LogP contribution in [0, 0.1) is 10.1 Å². The third kappa shape index (κ3) is 3.73. The molecule has 0 saturated heterocycles. The van der Waals surface area contributed by atoms with Crippen molar-refractivity contribution in [3.05, 3.63) is 57.7 Å². The zero-order valence-electron chi connectivity index (χ0n) is 11.7. The largest absolute Gasteiger partial charge is 0.465 e. The van der Waals surface area contributed by atoms with Crippen LogP contribution in [0.5, 0.6) is 0 Å². The van der Waals surface area contributed by atoms with Crippen LogP contribution in [0.4, 0.5) is 18.9 Å². The molecular weight excluding hydrogens is 335 g/mol. The Hall–Kier alpha value is -2.29. The van der Waals surface area contributed by atoms with Crippen molar-refractivity contribution in [2.24, 2.45) is 0 Å². The number of nitro benzene ring substituents is 1. The van der Waals surface area contributed by atoms with E-state index in [-0.39, 0.29) is 10.1 Å². The highest BCUT2D eigenvalue weighted by Gasteiger charge is 2.38. The second kappa shape index (κ2) is 6.45. The van der Waals surface area contributed by atoms with E-state index in [9.17, 15) is 28.1 Å². The van der Waals surface area contributed by atoms with Gasteiger partial charge in [0.25, 0.3) is 5.69 Å². The Balaban J connectivity index is 2.60. The smallest absolute Gasteiger partial charge is 0.417 e. The topological polar surface area (TPSA) is 69.4 Å². The Labute approximate surface area is 133 Å². The van der Waals surface area contributed by atoms with Crippen LogP contribution in [0.15, 0.2) is 41.3 Å². The molecule has 1 aliphatic carbocycles. The van der Waals surface area contributed by atoms with Gasteiger partial charge in [0.2, 0.25) is 0 Å². The molecule has 23 heavy (non-hydrogen) atoms. The summed E-state index contributed by atoms with van der Waals surface area (Å²) in [6, 6.07) is 1.23. The first-order valence-corrected chi connectivity index (χ1v) is 7.11. The minimum absolute atomic E-state index is 0.170. The number of thioether (sulfide) groups is 1. The van der Waals surface area contributed by atoms with Crippen LogP contribution < -0.4 is 0 Å². The number of nitrogens with zero attached hydrogens (tertiary/aromatic N) is 1.